The molecule has 4 rings (SSSR count). The number of hydrogen-bond donors (Lipinski definition) is 1. The van der Waals surface area contributed by atoms with Gasteiger partial charge in [-0.25, -0.2) is 4.39 Å². The molecule has 0 atom stereocenters. The summed E-state index contributed by atoms with van der Waals surface area (Å²) in [5.41, 5.74) is 3.80. The summed E-state index contributed by atoms with van der Waals surface area (Å²) in [4.78, 5) is 11.5. The fraction of sp³-hybridized carbons (Fsp3) is 0.0952. The molecule has 25 heavy (non-hydrogen) atoms. The molecule has 124 valence electrons. The van der Waals surface area contributed by atoms with E-state index in [4.69, 9.17) is 4.74 Å². The molecule has 0 saturated heterocycles. The van der Waals surface area contributed by atoms with Crippen LogP contribution in [0, 0.1) is 5.82 Å². The minimum absolute atomic E-state index is 0.0405. The van der Waals surface area contributed by atoms with Crippen molar-refractivity contribution in [3.05, 3.63) is 83.7 Å². The van der Waals surface area contributed by atoms with Gasteiger partial charge < -0.3 is 10.1 Å². The van der Waals surface area contributed by atoms with Gasteiger partial charge in [-0.05, 0) is 41.0 Å². The average molecular weight is 333 g/mol. The number of rotatable bonds is 4. The Kier molecular flexibility index (Phi) is 3.94. The molecule has 0 unspecified atom stereocenters. The summed E-state index contributed by atoms with van der Waals surface area (Å²) >= 11 is 0. The molecule has 3 aromatic rings. The fourth-order valence-electron chi connectivity index (χ4n) is 3.02. The van der Waals surface area contributed by atoms with Crippen LogP contribution in [-0.2, 0) is 17.8 Å². The SMILES string of the molecule is O=C1Cc2cc(-c3c(F)cccc3OCc3ccccc3)ccc2N1. The van der Waals surface area contributed by atoms with Crippen LogP contribution in [0.4, 0.5) is 10.1 Å². The minimum Gasteiger partial charge on any atom is -0.488 e. The van der Waals surface area contributed by atoms with Crippen LogP contribution >= 0.6 is 0 Å². The van der Waals surface area contributed by atoms with E-state index in [1.165, 1.54) is 6.07 Å². The second-order valence-electron chi connectivity index (χ2n) is 5.98. The van der Waals surface area contributed by atoms with E-state index in [-0.39, 0.29) is 11.7 Å². The zero-order valence-electron chi connectivity index (χ0n) is 13.5. The van der Waals surface area contributed by atoms with E-state index < -0.39 is 0 Å². The van der Waals surface area contributed by atoms with Crippen LogP contribution in [0.3, 0.4) is 0 Å². The Morgan fingerprint density at radius 1 is 1.00 bits per heavy atom. The Labute approximate surface area is 145 Å². The number of ether oxygens (including phenoxy) is 1. The molecular formula is C21H16FNO2. The van der Waals surface area contributed by atoms with Crippen molar-refractivity contribution < 1.29 is 13.9 Å². The van der Waals surface area contributed by atoms with Gasteiger partial charge in [0.2, 0.25) is 5.91 Å². The first-order chi connectivity index (χ1) is 12.2. The molecule has 0 radical (unpaired) electrons. The third-order valence-electron chi connectivity index (χ3n) is 4.23. The Morgan fingerprint density at radius 3 is 2.68 bits per heavy atom. The lowest BCUT2D eigenvalue weighted by Gasteiger charge is -2.13. The third kappa shape index (κ3) is 3.11. The molecule has 0 fully saturated rings. The quantitative estimate of drug-likeness (QED) is 0.760. The number of amides is 1. The molecule has 0 aliphatic carbocycles. The topological polar surface area (TPSA) is 38.3 Å². The van der Waals surface area contributed by atoms with Gasteiger partial charge in [-0.3, -0.25) is 4.79 Å². The zero-order chi connectivity index (χ0) is 17.2. The number of hydrogen-bond acceptors (Lipinski definition) is 2. The lowest BCUT2D eigenvalue weighted by Crippen LogP contribution is -2.03. The molecule has 1 N–H and O–H groups in total. The van der Waals surface area contributed by atoms with Gasteiger partial charge in [-0.15, -0.1) is 0 Å². The zero-order valence-corrected chi connectivity index (χ0v) is 13.5. The molecule has 1 heterocycles. The van der Waals surface area contributed by atoms with E-state index >= 15 is 0 Å². The van der Waals surface area contributed by atoms with Crippen LogP contribution in [0.1, 0.15) is 11.1 Å². The van der Waals surface area contributed by atoms with Crippen molar-refractivity contribution in [3.63, 3.8) is 0 Å². The van der Waals surface area contributed by atoms with Gasteiger partial charge in [0.25, 0.3) is 0 Å². The van der Waals surface area contributed by atoms with Gasteiger partial charge in [-0.1, -0.05) is 42.5 Å². The second-order valence-corrected chi connectivity index (χ2v) is 5.98. The predicted octanol–water partition coefficient (Wildman–Crippen LogP) is 4.57. The lowest BCUT2D eigenvalue weighted by atomic mass is 10.0. The number of carbonyl (C=O) groups is 1. The summed E-state index contributed by atoms with van der Waals surface area (Å²) < 4.78 is 20.4. The lowest BCUT2D eigenvalue weighted by molar-refractivity contribution is -0.115. The normalized spacial score (nSPS) is 12.6. The molecule has 0 saturated carbocycles. The van der Waals surface area contributed by atoms with Crippen LogP contribution < -0.4 is 10.1 Å². The molecule has 3 aromatic carbocycles. The van der Waals surface area contributed by atoms with Crippen LogP contribution in [-0.4, -0.2) is 5.91 Å². The van der Waals surface area contributed by atoms with Gasteiger partial charge in [0, 0.05) is 5.69 Å². The summed E-state index contributed by atoms with van der Waals surface area (Å²) in [5.74, 6) is 0.102. The summed E-state index contributed by atoms with van der Waals surface area (Å²) in [6.45, 7) is 0.363. The van der Waals surface area contributed by atoms with Crippen molar-refractivity contribution in [1.82, 2.24) is 0 Å². The maximum atomic E-state index is 14.5. The molecule has 1 aliphatic heterocycles. The van der Waals surface area contributed by atoms with Gasteiger partial charge in [-0.2, -0.15) is 0 Å². The van der Waals surface area contributed by atoms with E-state index in [0.717, 1.165) is 16.8 Å². The van der Waals surface area contributed by atoms with Crippen molar-refractivity contribution in [3.8, 4) is 16.9 Å². The average Bonchev–Trinajstić information content (AvgIpc) is 3.00. The first kappa shape index (κ1) is 15.4. The molecule has 1 amide bonds. The first-order valence-corrected chi connectivity index (χ1v) is 8.09. The molecule has 3 nitrogen and oxygen atoms in total. The number of fused-ring (bicyclic) bond motifs is 1. The number of nitrogens with one attached hydrogen (secondary N) is 1. The highest BCUT2D eigenvalue weighted by atomic mass is 19.1. The molecular weight excluding hydrogens is 317 g/mol. The third-order valence-corrected chi connectivity index (χ3v) is 4.23. The smallest absolute Gasteiger partial charge is 0.228 e. The molecule has 4 heteroatoms. The van der Waals surface area contributed by atoms with Crippen molar-refractivity contribution >= 4 is 11.6 Å². The number of halogens is 1. The van der Waals surface area contributed by atoms with E-state index in [2.05, 4.69) is 5.32 Å². The van der Waals surface area contributed by atoms with Gasteiger partial charge in [0.1, 0.15) is 18.2 Å². The summed E-state index contributed by atoms with van der Waals surface area (Å²) in [5, 5.41) is 2.79. The number of benzene rings is 3. The van der Waals surface area contributed by atoms with Crippen molar-refractivity contribution in [2.45, 2.75) is 13.0 Å². The Hall–Kier alpha value is -3.14. The first-order valence-electron chi connectivity index (χ1n) is 8.09. The highest BCUT2D eigenvalue weighted by Gasteiger charge is 2.20. The summed E-state index contributed by atoms with van der Waals surface area (Å²) in [6, 6.07) is 20.0. The van der Waals surface area contributed by atoms with Gasteiger partial charge >= 0.3 is 0 Å². The maximum Gasteiger partial charge on any atom is 0.228 e. The summed E-state index contributed by atoms with van der Waals surface area (Å²) in [6.07, 6.45) is 0.317. The van der Waals surface area contributed by atoms with Crippen LogP contribution in [0.25, 0.3) is 11.1 Å². The maximum absolute atomic E-state index is 14.5. The largest absolute Gasteiger partial charge is 0.488 e. The van der Waals surface area contributed by atoms with Crippen LogP contribution in [0.2, 0.25) is 0 Å². The highest BCUT2D eigenvalue weighted by Crippen LogP contribution is 2.36. The second kappa shape index (κ2) is 6.40. The number of anilines is 1. The van der Waals surface area contributed by atoms with Crippen molar-refractivity contribution in [2.24, 2.45) is 0 Å². The van der Waals surface area contributed by atoms with Gasteiger partial charge in [0.05, 0.1) is 12.0 Å². The summed E-state index contributed by atoms with van der Waals surface area (Å²) in [7, 11) is 0. The van der Waals surface area contributed by atoms with Gasteiger partial charge in [0.15, 0.2) is 0 Å². The Balaban J connectivity index is 1.68. The minimum atomic E-state index is -0.345. The van der Waals surface area contributed by atoms with Crippen molar-refractivity contribution in [1.29, 1.82) is 0 Å². The Morgan fingerprint density at radius 2 is 1.84 bits per heavy atom. The van der Waals surface area contributed by atoms with E-state index in [0.29, 0.717) is 29.9 Å². The Bertz CT molecular complexity index is 938. The monoisotopic (exact) mass is 333 g/mol. The van der Waals surface area contributed by atoms with E-state index in [9.17, 15) is 9.18 Å². The highest BCUT2D eigenvalue weighted by molar-refractivity contribution is 5.99. The predicted molar refractivity (Wildman–Crippen MR) is 94.9 cm³/mol. The van der Waals surface area contributed by atoms with Crippen LogP contribution in [0.5, 0.6) is 5.75 Å². The standard InChI is InChI=1S/C21H16FNO2/c22-17-7-4-8-19(25-13-14-5-2-1-3-6-14)21(17)15-9-10-18-16(11-15)12-20(24)23-18/h1-11H,12-13H2,(H,23,24). The van der Waals surface area contributed by atoms with E-state index in [1.54, 1.807) is 18.2 Å². The molecule has 0 bridgehead atoms. The molecule has 1 aliphatic rings. The van der Waals surface area contributed by atoms with Crippen LogP contribution in [0.15, 0.2) is 66.7 Å². The molecule has 0 spiro atoms. The fourth-order valence-corrected chi connectivity index (χ4v) is 3.02. The van der Waals surface area contributed by atoms with E-state index in [1.807, 2.05) is 42.5 Å². The number of carbonyl (C=O) groups excluding carboxylic acids is 1. The molecule has 0 aromatic heterocycles. The van der Waals surface area contributed by atoms with Crippen molar-refractivity contribution in [2.75, 3.05) is 5.32 Å².